The maximum atomic E-state index is 13.5. The molecule has 0 fully saturated rings. The molecule has 0 unspecified atom stereocenters. The summed E-state index contributed by atoms with van der Waals surface area (Å²) in [6.45, 7) is 6.68. The van der Waals surface area contributed by atoms with E-state index in [1.54, 1.807) is 37.3 Å². The van der Waals surface area contributed by atoms with E-state index in [2.05, 4.69) is 4.90 Å². The Morgan fingerprint density at radius 3 is 2.61 bits per heavy atom. The molecule has 0 amide bonds. The number of ether oxygens (including phenoxy) is 1. The van der Waals surface area contributed by atoms with E-state index in [1.807, 2.05) is 33.0 Å². The summed E-state index contributed by atoms with van der Waals surface area (Å²) in [4.78, 5) is 2.19. The van der Waals surface area contributed by atoms with Gasteiger partial charge in [0.15, 0.2) is 0 Å². The molecule has 8 heteroatoms. The first-order valence-corrected chi connectivity index (χ1v) is 12.6. The van der Waals surface area contributed by atoms with Crippen molar-refractivity contribution in [1.29, 1.82) is 0 Å². The molecule has 33 heavy (non-hydrogen) atoms. The van der Waals surface area contributed by atoms with Gasteiger partial charge in [-0.1, -0.05) is 37.3 Å². The van der Waals surface area contributed by atoms with Crippen molar-refractivity contribution in [3.05, 3.63) is 65.5 Å². The third-order valence-corrected chi connectivity index (χ3v) is 7.93. The highest BCUT2D eigenvalue weighted by molar-refractivity contribution is 7.89. The van der Waals surface area contributed by atoms with E-state index >= 15 is 0 Å². The minimum Gasteiger partial charge on any atom is -0.487 e. The first-order chi connectivity index (χ1) is 15.6. The van der Waals surface area contributed by atoms with Crippen molar-refractivity contribution in [2.75, 3.05) is 26.7 Å². The Morgan fingerprint density at radius 2 is 1.97 bits per heavy atom. The Hall–Kier alpha value is -2.26. The first-order valence-electron chi connectivity index (χ1n) is 11.1. The van der Waals surface area contributed by atoms with Crippen molar-refractivity contribution in [2.45, 2.75) is 44.4 Å². The minimum atomic E-state index is -3.85. The summed E-state index contributed by atoms with van der Waals surface area (Å²) in [6, 6.07) is 10.9. The summed E-state index contributed by atoms with van der Waals surface area (Å²) in [6.07, 6.45) is 3.48. The molecule has 2 aromatic carbocycles. The van der Waals surface area contributed by atoms with Crippen LogP contribution in [0, 0.1) is 11.7 Å². The van der Waals surface area contributed by atoms with Crippen molar-refractivity contribution >= 4 is 16.1 Å². The van der Waals surface area contributed by atoms with Crippen LogP contribution in [-0.2, 0) is 16.6 Å². The van der Waals surface area contributed by atoms with Crippen LogP contribution in [-0.4, -0.2) is 61.6 Å². The number of nitrogens with zero attached hydrogens (tertiary/aromatic N) is 2. The molecule has 2 aromatic rings. The van der Waals surface area contributed by atoms with Crippen molar-refractivity contribution in [3.63, 3.8) is 0 Å². The van der Waals surface area contributed by atoms with E-state index in [-0.39, 0.29) is 35.9 Å². The largest absolute Gasteiger partial charge is 0.487 e. The van der Waals surface area contributed by atoms with Crippen LogP contribution in [0.2, 0.25) is 0 Å². The fourth-order valence-corrected chi connectivity index (χ4v) is 5.86. The maximum absolute atomic E-state index is 13.5. The lowest BCUT2D eigenvalue weighted by atomic mass is 10.0. The lowest BCUT2D eigenvalue weighted by Gasteiger charge is -2.37. The van der Waals surface area contributed by atoms with Crippen LogP contribution in [0.15, 0.2) is 53.4 Å². The van der Waals surface area contributed by atoms with E-state index in [0.29, 0.717) is 18.8 Å². The van der Waals surface area contributed by atoms with Gasteiger partial charge in [0.1, 0.15) is 22.6 Å². The Bertz CT molecular complexity index is 1070. The molecule has 0 saturated heterocycles. The normalized spacial score (nSPS) is 21.9. The molecule has 1 aliphatic heterocycles. The van der Waals surface area contributed by atoms with Gasteiger partial charge in [0.25, 0.3) is 0 Å². The number of halogens is 1. The molecule has 180 valence electrons. The zero-order valence-electron chi connectivity index (χ0n) is 19.6. The maximum Gasteiger partial charge on any atom is 0.247 e. The zero-order chi connectivity index (χ0) is 24.2. The SMILES string of the molecule is C/C=C/c1ccc2c(c1)O[C@H](CN(C)Cc1ccc(F)cc1)[C@H](C)CN([C@@H](C)CO)S2(=O)=O. The topological polar surface area (TPSA) is 70.1 Å². The molecule has 1 N–H and O–H groups in total. The Labute approximate surface area is 196 Å². The standard InChI is InChI=1S/C25H33FN2O4S/c1-5-6-20-9-12-25-23(13-20)32-24(16-27(4)15-21-7-10-22(26)11-8-21)18(2)14-28(19(3)17-29)33(25,30)31/h5-13,18-19,24,29H,14-17H2,1-4H3/b6-5+/t18-,19+,24-/m1/s1. The molecular weight excluding hydrogens is 443 g/mol. The summed E-state index contributed by atoms with van der Waals surface area (Å²) in [5, 5.41) is 9.74. The van der Waals surface area contributed by atoms with Gasteiger partial charge in [0, 0.05) is 31.6 Å². The van der Waals surface area contributed by atoms with Crippen molar-refractivity contribution in [3.8, 4) is 5.75 Å². The van der Waals surface area contributed by atoms with E-state index in [4.69, 9.17) is 4.74 Å². The van der Waals surface area contributed by atoms with Gasteiger partial charge in [0.05, 0.1) is 6.61 Å². The number of rotatable bonds is 7. The second kappa shape index (κ2) is 10.8. The van der Waals surface area contributed by atoms with Crippen molar-refractivity contribution in [1.82, 2.24) is 9.21 Å². The molecule has 0 saturated carbocycles. The lowest BCUT2D eigenvalue weighted by molar-refractivity contribution is 0.0733. The Morgan fingerprint density at radius 1 is 1.27 bits per heavy atom. The fourth-order valence-electron chi connectivity index (χ4n) is 4.03. The summed E-state index contributed by atoms with van der Waals surface area (Å²) in [5.41, 5.74) is 1.83. The molecule has 6 nitrogen and oxygen atoms in total. The monoisotopic (exact) mass is 476 g/mol. The number of likely N-dealkylation sites (N-methyl/N-ethyl adjacent to an activating group) is 1. The predicted molar refractivity (Wildman–Crippen MR) is 128 cm³/mol. The van der Waals surface area contributed by atoms with Crippen LogP contribution in [0.3, 0.4) is 0 Å². The van der Waals surface area contributed by atoms with Gasteiger partial charge < -0.3 is 9.84 Å². The van der Waals surface area contributed by atoms with Gasteiger partial charge in [-0.2, -0.15) is 4.31 Å². The van der Waals surface area contributed by atoms with Crippen LogP contribution >= 0.6 is 0 Å². The molecule has 0 bridgehead atoms. The highest BCUT2D eigenvalue weighted by atomic mass is 32.2. The number of fused-ring (bicyclic) bond motifs is 1. The fraction of sp³-hybridized carbons (Fsp3) is 0.440. The van der Waals surface area contributed by atoms with Crippen LogP contribution in [0.25, 0.3) is 6.08 Å². The summed E-state index contributed by atoms with van der Waals surface area (Å²) in [7, 11) is -1.89. The number of allylic oxidation sites excluding steroid dienone is 1. The minimum absolute atomic E-state index is 0.106. The summed E-state index contributed by atoms with van der Waals surface area (Å²) < 4.78 is 47.9. The van der Waals surface area contributed by atoms with Gasteiger partial charge >= 0.3 is 0 Å². The molecule has 0 spiro atoms. The molecule has 0 aliphatic carbocycles. The van der Waals surface area contributed by atoms with Crippen LogP contribution in [0.4, 0.5) is 4.39 Å². The number of hydrogen-bond acceptors (Lipinski definition) is 5. The highest BCUT2D eigenvalue weighted by Crippen LogP contribution is 2.34. The predicted octanol–water partition coefficient (Wildman–Crippen LogP) is 3.76. The number of sulfonamides is 1. The van der Waals surface area contributed by atoms with Gasteiger partial charge in [-0.05, 0) is 56.3 Å². The number of aliphatic hydroxyl groups is 1. The zero-order valence-corrected chi connectivity index (χ0v) is 20.4. The second-order valence-electron chi connectivity index (χ2n) is 8.77. The number of aliphatic hydroxyl groups excluding tert-OH is 1. The van der Waals surface area contributed by atoms with Gasteiger partial charge in [-0.3, -0.25) is 4.90 Å². The third kappa shape index (κ3) is 6.00. The van der Waals surface area contributed by atoms with Gasteiger partial charge in [-0.25, -0.2) is 12.8 Å². The number of benzene rings is 2. The molecule has 3 rings (SSSR count). The van der Waals surface area contributed by atoms with Gasteiger partial charge in [0.2, 0.25) is 10.0 Å². The highest BCUT2D eigenvalue weighted by Gasteiger charge is 2.38. The quantitative estimate of drug-likeness (QED) is 0.659. The van der Waals surface area contributed by atoms with E-state index in [1.165, 1.54) is 16.4 Å². The average molecular weight is 477 g/mol. The lowest BCUT2D eigenvalue weighted by Crippen LogP contribution is -2.49. The van der Waals surface area contributed by atoms with Crippen molar-refractivity contribution in [2.24, 2.45) is 5.92 Å². The number of hydrogen-bond donors (Lipinski definition) is 1. The van der Waals surface area contributed by atoms with Crippen LogP contribution in [0.1, 0.15) is 31.9 Å². The molecule has 3 atom stereocenters. The van der Waals surface area contributed by atoms with E-state index in [9.17, 15) is 17.9 Å². The molecule has 1 heterocycles. The molecule has 0 radical (unpaired) electrons. The summed E-state index contributed by atoms with van der Waals surface area (Å²) in [5.74, 6) is -0.0957. The van der Waals surface area contributed by atoms with E-state index < -0.39 is 16.1 Å². The Kier molecular flexibility index (Phi) is 8.28. The smallest absolute Gasteiger partial charge is 0.247 e. The Balaban J connectivity index is 1.95. The van der Waals surface area contributed by atoms with Gasteiger partial charge in [-0.15, -0.1) is 0 Å². The van der Waals surface area contributed by atoms with E-state index in [0.717, 1.165) is 11.1 Å². The molecular formula is C25H33FN2O4S. The third-order valence-electron chi connectivity index (χ3n) is 5.91. The molecule has 1 aliphatic rings. The van der Waals surface area contributed by atoms with Crippen LogP contribution in [0.5, 0.6) is 5.75 Å². The first kappa shape index (κ1) is 25.4. The summed E-state index contributed by atoms with van der Waals surface area (Å²) >= 11 is 0. The average Bonchev–Trinajstić information content (AvgIpc) is 2.77. The van der Waals surface area contributed by atoms with Crippen LogP contribution < -0.4 is 4.74 Å². The van der Waals surface area contributed by atoms with Crippen molar-refractivity contribution < 1.29 is 22.7 Å². The molecule has 0 aromatic heterocycles. The second-order valence-corrected chi connectivity index (χ2v) is 10.6.